The van der Waals surface area contributed by atoms with E-state index in [1.54, 1.807) is 17.0 Å². The third-order valence-corrected chi connectivity index (χ3v) is 8.33. The number of aryl methyl sites for hydroxylation is 1. The van der Waals surface area contributed by atoms with Crippen molar-refractivity contribution in [1.82, 2.24) is 9.88 Å². The van der Waals surface area contributed by atoms with Gasteiger partial charge in [-0.15, -0.1) is 0 Å². The second-order valence-corrected chi connectivity index (χ2v) is 11.1. The van der Waals surface area contributed by atoms with E-state index in [4.69, 9.17) is 16.7 Å². The van der Waals surface area contributed by atoms with E-state index in [0.717, 1.165) is 28.9 Å². The van der Waals surface area contributed by atoms with Gasteiger partial charge < -0.3 is 4.90 Å². The topological polar surface area (TPSA) is 93.4 Å². The van der Waals surface area contributed by atoms with Gasteiger partial charge in [0.25, 0.3) is 15.9 Å². The van der Waals surface area contributed by atoms with Crippen LogP contribution in [0.4, 0.5) is 4.39 Å². The Balaban J connectivity index is 1.62. The predicted molar refractivity (Wildman–Crippen MR) is 130 cm³/mol. The van der Waals surface area contributed by atoms with Gasteiger partial charge >= 0.3 is 0 Å². The van der Waals surface area contributed by atoms with Crippen molar-refractivity contribution in [3.8, 4) is 0 Å². The Hall–Kier alpha value is -2.46. The Morgan fingerprint density at radius 3 is 2.47 bits per heavy atom. The molecule has 3 aromatic rings. The summed E-state index contributed by atoms with van der Waals surface area (Å²) in [5.41, 5.74) is 2.29. The molecule has 1 aliphatic rings. The van der Waals surface area contributed by atoms with Gasteiger partial charge in [-0.2, -0.15) is 0 Å². The van der Waals surface area contributed by atoms with Gasteiger partial charge in [0.05, 0.1) is 10.6 Å². The standard InChI is InChI=1S/C24H23ClFN3O3S2/c1-15-3-2-4-19(13-15)33-22-20(14-28-23(21(22)25)34(27,31)32)24(30)29-11-9-17(10-12-29)16-5-7-18(26)8-6-16/h2-8,13-14,17H,9-12H2,1H3,(H2,27,31,32). The maximum Gasteiger partial charge on any atom is 0.257 e. The number of pyridine rings is 1. The average Bonchev–Trinajstić information content (AvgIpc) is 2.80. The highest BCUT2D eigenvalue weighted by Gasteiger charge is 2.29. The molecule has 1 aliphatic heterocycles. The molecule has 178 valence electrons. The summed E-state index contributed by atoms with van der Waals surface area (Å²) in [6.07, 6.45) is 2.69. The zero-order valence-corrected chi connectivity index (χ0v) is 20.8. The second-order valence-electron chi connectivity index (χ2n) is 8.20. The number of carbonyl (C=O) groups is 1. The Bertz CT molecular complexity index is 1330. The van der Waals surface area contributed by atoms with Crippen LogP contribution in [0, 0.1) is 12.7 Å². The number of halogens is 2. The average molecular weight is 520 g/mol. The number of sulfonamides is 1. The highest BCUT2D eigenvalue weighted by Crippen LogP contribution is 2.39. The lowest BCUT2D eigenvalue weighted by Gasteiger charge is -2.32. The maximum absolute atomic E-state index is 13.5. The lowest BCUT2D eigenvalue weighted by molar-refractivity contribution is 0.0708. The molecule has 0 unspecified atom stereocenters. The van der Waals surface area contributed by atoms with Gasteiger partial charge in [0.2, 0.25) is 0 Å². The molecule has 0 saturated carbocycles. The molecule has 34 heavy (non-hydrogen) atoms. The molecule has 10 heteroatoms. The van der Waals surface area contributed by atoms with Gasteiger partial charge in [-0.3, -0.25) is 4.79 Å². The molecule has 2 heterocycles. The van der Waals surface area contributed by atoms with Crippen LogP contribution in [0.25, 0.3) is 0 Å². The van der Waals surface area contributed by atoms with Crippen LogP contribution < -0.4 is 5.14 Å². The van der Waals surface area contributed by atoms with Crippen LogP contribution in [0.2, 0.25) is 5.02 Å². The van der Waals surface area contributed by atoms with E-state index in [1.807, 2.05) is 31.2 Å². The highest BCUT2D eigenvalue weighted by atomic mass is 35.5. The number of hydrogen-bond acceptors (Lipinski definition) is 5. The van der Waals surface area contributed by atoms with Crippen molar-refractivity contribution in [1.29, 1.82) is 0 Å². The van der Waals surface area contributed by atoms with Crippen LogP contribution in [-0.2, 0) is 10.0 Å². The smallest absolute Gasteiger partial charge is 0.257 e. The van der Waals surface area contributed by atoms with E-state index >= 15 is 0 Å². The van der Waals surface area contributed by atoms with E-state index in [9.17, 15) is 17.6 Å². The van der Waals surface area contributed by atoms with E-state index in [2.05, 4.69) is 4.98 Å². The fourth-order valence-corrected chi connectivity index (χ4v) is 6.29. The molecule has 1 fully saturated rings. The van der Waals surface area contributed by atoms with Crippen LogP contribution in [0.1, 0.15) is 40.2 Å². The number of amides is 1. The fraction of sp³-hybridized carbons (Fsp3) is 0.250. The number of nitrogens with two attached hydrogens (primary N) is 1. The first-order valence-corrected chi connectivity index (χ1v) is 13.4. The van der Waals surface area contributed by atoms with Crippen molar-refractivity contribution in [2.75, 3.05) is 13.1 Å². The van der Waals surface area contributed by atoms with Gasteiger partial charge in [0, 0.05) is 29.1 Å². The number of benzene rings is 2. The molecule has 1 aromatic heterocycles. The first-order valence-electron chi connectivity index (χ1n) is 10.6. The third-order valence-electron chi connectivity index (χ3n) is 5.78. The quantitative estimate of drug-likeness (QED) is 0.512. The summed E-state index contributed by atoms with van der Waals surface area (Å²) in [6.45, 7) is 2.94. The molecule has 0 atom stereocenters. The molecule has 0 spiro atoms. The van der Waals surface area contributed by atoms with Gasteiger partial charge in [-0.25, -0.2) is 22.9 Å². The van der Waals surface area contributed by atoms with E-state index in [0.29, 0.717) is 18.0 Å². The molecule has 0 radical (unpaired) electrons. The number of carbonyl (C=O) groups excluding carboxylic acids is 1. The molecule has 0 bridgehead atoms. The minimum Gasteiger partial charge on any atom is -0.339 e. The molecular weight excluding hydrogens is 497 g/mol. The van der Waals surface area contributed by atoms with E-state index < -0.39 is 15.0 Å². The second kappa shape index (κ2) is 10.0. The van der Waals surface area contributed by atoms with Crippen LogP contribution in [0.3, 0.4) is 0 Å². The summed E-state index contributed by atoms with van der Waals surface area (Å²) in [7, 11) is -4.17. The van der Waals surface area contributed by atoms with Gasteiger partial charge in [0.15, 0.2) is 5.03 Å². The summed E-state index contributed by atoms with van der Waals surface area (Å²) in [5.74, 6) is -0.317. The van der Waals surface area contributed by atoms with Crippen molar-refractivity contribution in [3.63, 3.8) is 0 Å². The Morgan fingerprint density at radius 2 is 1.85 bits per heavy atom. The minimum atomic E-state index is -4.17. The fourth-order valence-electron chi connectivity index (χ4n) is 4.02. The lowest BCUT2D eigenvalue weighted by atomic mass is 9.89. The summed E-state index contributed by atoms with van der Waals surface area (Å²) in [4.78, 5) is 20.2. The highest BCUT2D eigenvalue weighted by molar-refractivity contribution is 7.99. The Labute approximate surface area is 207 Å². The van der Waals surface area contributed by atoms with Gasteiger partial charge in [-0.1, -0.05) is 53.2 Å². The largest absolute Gasteiger partial charge is 0.339 e. The van der Waals surface area contributed by atoms with Crippen LogP contribution in [0.5, 0.6) is 0 Å². The predicted octanol–water partition coefficient (Wildman–Crippen LogP) is 5.00. The molecule has 2 aromatic carbocycles. The van der Waals surface area contributed by atoms with Crippen LogP contribution in [0.15, 0.2) is 69.5 Å². The van der Waals surface area contributed by atoms with Crippen molar-refractivity contribution < 1.29 is 17.6 Å². The Morgan fingerprint density at radius 1 is 1.18 bits per heavy atom. The number of nitrogens with zero attached hydrogens (tertiary/aromatic N) is 2. The zero-order chi connectivity index (χ0) is 24.5. The maximum atomic E-state index is 13.5. The molecule has 6 nitrogen and oxygen atoms in total. The normalized spacial score (nSPS) is 14.9. The van der Waals surface area contributed by atoms with Crippen molar-refractivity contribution >= 4 is 39.3 Å². The van der Waals surface area contributed by atoms with Gasteiger partial charge in [-0.05, 0) is 55.5 Å². The van der Waals surface area contributed by atoms with E-state index in [1.165, 1.54) is 30.1 Å². The summed E-state index contributed by atoms with van der Waals surface area (Å²) < 4.78 is 37.2. The number of primary sulfonamides is 1. The third kappa shape index (κ3) is 5.43. The number of piperidine rings is 1. The van der Waals surface area contributed by atoms with Crippen molar-refractivity contribution in [2.24, 2.45) is 5.14 Å². The molecule has 1 amide bonds. The first kappa shape index (κ1) is 24.7. The van der Waals surface area contributed by atoms with Crippen LogP contribution >= 0.6 is 23.4 Å². The molecular formula is C24H23ClFN3O3S2. The van der Waals surface area contributed by atoms with Crippen molar-refractivity contribution in [3.05, 3.63) is 82.3 Å². The summed E-state index contributed by atoms with van der Waals surface area (Å²) >= 11 is 7.64. The number of hydrogen-bond donors (Lipinski definition) is 1. The Kier molecular flexibility index (Phi) is 7.28. The van der Waals surface area contributed by atoms with Crippen molar-refractivity contribution in [2.45, 2.75) is 40.5 Å². The lowest BCUT2D eigenvalue weighted by Crippen LogP contribution is -2.38. The monoisotopic (exact) mass is 519 g/mol. The SMILES string of the molecule is Cc1cccc(Sc2c(C(=O)N3CCC(c4ccc(F)cc4)CC3)cnc(S(N)(=O)=O)c2Cl)c1. The molecule has 1 saturated heterocycles. The molecule has 4 rings (SSSR count). The zero-order valence-electron chi connectivity index (χ0n) is 18.4. The first-order chi connectivity index (χ1) is 16.1. The number of rotatable bonds is 5. The summed E-state index contributed by atoms with van der Waals surface area (Å²) in [5, 5.41) is 4.66. The molecule has 2 N–H and O–H groups in total. The van der Waals surface area contributed by atoms with E-state index in [-0.39, 0.29) is 28.2 Å². The number of likely N-dealkylation sites (tertiary alicyclic amines) is 1. The van der Waals surface area contributed by atoms with Crippen LogP contribution in [-0.4, -0.2) is 37.3 Å². The van der Waals surface area contributed by atoms with Gasteiger partial charge in [0.1, 0.15) is 5.82 Å². The number of aromatic nitrogens is 1. The minimum absolute atomic E-state index is 0.166. The summed E-state index contributed by atoms with van der Waals surface area (Å²) in [6, 6.07) is 14.0. The molecule has 0 aliphatic carbocycles.